The lowest BCUT2D eigenvalue weighted by atomic mass is 10.2. The minimum Gasteiger partial charge on any atom is -0.402 e. The number of cyclic esters (lactones) is 1. The molecule has 1 heterocycles. The summed E-state index contributed by atoms with van der Waals surface area (Å²) < 4.78 is 6.14. The summed E-state index contributed by atoms with van der Waals surface area (Å²) in [6.07, 6.45) is 1.65. The fraction of sp³-hybridized carbons (Fsp3) is 0. The maximum atomic E-state index is 11.9. The molecule has 0 saturated carbocycles. The molecule has 110 valence electrons. The van der Waals surface area contributed by atoms with Crippen molar-refractivity contribution in [3.8, 4) is 0 Å². The molecule has 6 heteroatoms. The van der Waals surface area contributed by atoms with Crippen molar-refractivity contribution < 1.29 is 9.53 Å². The second kappa shape index (κ2) is 6.24. The molecule has 0 radical (unpaired) electrons. The van der Waals surface area contributed by atoms with Gasteiger partial charge in [0.15, 0.2) is 5.70 Å². The van der Waals surface area contributed by atoms with Gasteiger partial charge in [0, 0.05) is 4.47 Å². The van der Waals surface area contributed by atoms with Crippen molar-refractivity contribution in [3.63, 3.8) is 0 Å². The van der Waals surface area contributed by atoms with Crippen molar-refractivity contribution in [3.05, 3.63) is 73.8 Å². The topological polar surface area (TPSA) is 38.7 Å². The summed E-state index contributed by atoms with van der Waals surface area (Å²) in [4.78, 5) is 16.1. The maximum absolute atomic E-state index is 11.9. The minimum atomic E-state index is -0.519. The number of carbonyl (C=O) groups is 1. The van der Waals surface area contributed by atoms with Crippen LogP contribution in [0.1, 0.15) is 11.1 Å². The third-order valence-electron chi connectivity index (χ3n) is 2.98. The molecule has 0 aliphatic carbocycles. The number of esters is 1. The van der Waals surface area contributed by atoms with Crippen molar-refractivity contribution in [2.24, 2.45) is 4.99 Å². The van der Waals surface area contributed by atoms with Crippen molar-refractivity contribution in [2.45, 2.75) is 0 Å². The lowest BCUT2D eigenvalue weighted by Gasteiger charge is -2.03. The molecule has 0 fully saturated rings. The molecule has 1 aliphatic heterocycles. The van der Waals surface area contributed by atoms with Crippen LogP contribution < -0.4 is 0 Å². The lowest BCUT2D eigenvalue weighted by molar-refractivity contribution is -0.129. The zero-order chi connectivity index (χ0) is 15.7. The summed E-state index contributed by atoms with van der Waals surface area (Å²) in [5.74, 6) is -0.366. The number of hydrogen-bond acceptors (Lipinski definition) is 3. The van der Waals surface area contributed by atoms with Crippen LogP contribution in [-0.2, 0) is 9.53 Å². The summed E-state index contributed by atoms with van der Waals surface area (Å²) in [5, 5.41) is 0.684. The second-order valence-electron chi connectivity index (χ2n) is 4.49. The van der Waals surface area contributed by atoms with Gasteiger partial charge in [-0.2, -0.15) is 0 Å². The van der Waals surface area contributed by atoms with Crippen molar-refractivity contribution >= 4 is 57.1 Å². The van der Waals surface area contributed by atoms with E-state index in [0.717, 1.165) is 10.0 Å². The molecule has 0 N–H and O–H groups in total. The predicted octanol–water partition coefficient (Wildman–Crippen LogP) is 5.10. The van der Waals surface area contributed by atoms with E-state index in [9.17, 15) is 4.79 Å². The molecule has 0 saturated heterocycles. The van der Waals surface area contributed by atoms with Gasteiger partial charge in [0.1, 0.15) is 0 Å². The molecule has 0 aromatic heterocycles. The molecule has 1 aliphatic rings. The molecule has 3 rings (SSSR count). The standard InChI is InChI=1S/C16H8BrCl2NO2/c17-10-6-4-9(5-7-10)8-13-16(21)22-15(20-13)11-2-1-3-12(18)14(11)19/h1-8H. The van der Waals surface area contributed by atoms with Crippen LogP contribution in [0.25, 0.3) is 6.08 Å². The Morgan fingerprint density at radius 3 is 2.55 bits per heavy atom. The van der Waals surface area contributed by atoms with E-state index in [4.69, 9.17) is 27.9 Å². The van der Waals surface area contributed by atoms with Gasteiger partial charge in [-0.25, -0.2) is 9.79 Å². The van der Waals surface area contributed by atoms with E-state index >= 15 is 0 Å². The highest BCUT2D eigenvalue weighted by Crippen LogP contribution is 2.29. The summed E-state index contributed by atoms with van der Waals surface area (Å²) >= 11 is 15.4. The number of hydrogen-bond donors (Lipinski definition) is 0. The predicted molar refractivity (Wildman–Crippen MR) is 91.2 cm³/mol. The summed E-state index contributed by atoms with van der Waals surface area (Å²) in [5.41, 5.74) is 1.55. The van der Waals surface area contributed by atoms with Crippen molar-refractivity contribution in [1.29, 1.82) is 0 Å². The number of nitrogens with zero attached hydrogens (tertiary/aromatic N) is 1. The summed E-state index contributed by atoms with van der Waals surface area (Å²) in [6, 6.07) is 12.6. The zero-order valence-corrected chi connectivity index (χ0v) is 14.1. The van der Waals surface area contributed by atoms with Crippen molar-refractivity contribution in [2.75, 3.05) is 0 Å². The van der Waals surface area contributed by atoms with Crippen LogP contribution in [0.2, 0.25) is 10.0 Å². The number of ether oxygens (including phenoxy) is 1. The number of rotatable bonds is 2. The van der Waals surface area contributed by atoms with Gasteiger partial charge >= 0.3 is 5.97 Å². The second-order valence-corrected chi connectivity index (χ2v) is 6.19. The molecule has 22 heavy (non-hydrogen) atoms. The molecule has 3 nitrogen and oxygen atoms in total. The first-order chi connectivity index (χ1) is 10.5. The Bertz CT molecular complexity index is 813. The Hall–Kier alpha value is -1.62. The van der Waals surface area contributed by atoms with Crippen LogP contribution in [0.5, 0.6) is 0 Å². The molecule has 0 atom stereocenters. The van der Waals surface area contributed by atoms with Gasteiger partial charge in [0.05, 0.1) is 15.6 Å². The summed E-state index contributed by atoms with van der Waals surface area (Å²) in [7, 11) is 0. The Morgan fingerprint density at radius 1 is 1.09 bits per heavy atom. The van der Waals surface area contributed by atoms with E-state index in [0.29, 0.717) is 15.6 Å². The largest absolute Gasteiger partial charge is 0.402 e. The van der Waals surface area contributed by atoms with E-state index in [1.54, 1.807) is 24.3 Å². The van der Waals surface area contributed by atoms with Crippen molar-refractivity contribution in [1.82, 2.24) is 0 Å². The molecule has 0 bridgehead atoms. The monoisotopic (exact) mass is 395 g/mol. The molecule has 0 unspecified atom stereocenters. The Labute approximate surface area is 145 Å². The third-order valence-corrected chi connectivity index (χ3v) is 4.32. The van der Waals surface area contributed by atoms with Crippen LogP contribution in [0.15, 0.2) is 57.6 Å². The quantitative estimate of drug-likeness (QED) is 0.523. The molecular weight excluding hydrogens is 389 g/mol. The van der Waals surface area contributed by atoms with Gasteiger partial charge in [0.25, 0.3) is 0 Å². The number of carbonyl (C=O) groups excluding carboxylic acids is 1. The average Bonchev–Trinajstić information content (AvgIpc) is 2.85. The van der Waals surface area contributed by atoms with Gasteiger partial charge in [-0.3, -0.25) is 0 Å². The zero-order valence-electron chi connectivity index (χ0n) is 11.0. The maximum Gasteiger partial charge on any atom is 0.363 e. The Balaban J connectivity index is 1.98. The van der Waals surface area contributed by atoms with Gasteiger partial charge < -0.3 is 4.74 Å². The molecule has 2 aromatic carbocycles. The smallest absolute Gasteiger partial charge is 0.363 e. The van der Waals surface area contributed by atoms with E-state index < -0.39 is 5.97 Å². The first kappa shape index (κ1) is 15.3. The van der Waals surface area contributed by atoms with E-state index in [2.05, 4.69) is 20.9 Å². The van der Waals surface area contributed by atoms with Gasteiger partial charge in [0.2, 0.25) is 5.90 Å². The Kier molecular flexibility index (Phi) is 4.34. The van der Waals surface area contributed by atoms with Gasteiger partial charge in [-0.05, 0) is 35.9 Å². The lowest BCUT2D eigenvalue weighted by Crippen LogP contribution is -2.06. The van der Waals surface area contributed by atoms with E-state index in [1.165, 1.54) is 0 Å². The fourth-order valence-electron chi connectivity index (χ4n) is 1.91. The molecule has 0 amide bonds. The normalized spacial score (nSPS) is 15.9. The van der Waals surface area contributed by atoms with Crippen LogP contribution in [0.4, 0.5) is 0 Å². The molecular formula is C16H8BrCl2NO2. The minimum absolute atomic E-state index is 0.154. The highest BCUT2D eigenvalue weighted by Gasteiger charge is 2.26. The van der Waals surface area contributed by atoms with Crippen LogP contribution >= 0.6 is 39.1 Å². The molecule has 2 aromatic rings. The SMILES string of the molecule is O=C1OC(c2cccc(Cl)c2Cl)=NC1=Cc1ccc(Br)cc1. The Morgan fingerprint density at radius 2 is 1.82 bits per heavy atom. The van der Waals surface area contributed by atoms with Gasteiger partial charge in [-0.1, -0.05) is 57.3 Å². The number of aliphatic imine (C=N–C) groups is 1. The van der Waals surface area contributed by atoms with E-state index in [-0.39, 0.29) is 11.6 Å². The third kappa shape index (κ3) is 3.09. The summed E-state index contributed by atoms with van der Waals surface area (Å²) in [6.45, 7) is 0. The highest BCUT2D eigenvalue weighted by molar-refractivity contribution is 9.10. The van der Waals surface area contributed by atoms with Crippen LogP contribution in [-0.4, -0.2) is 11.9 Å². The molecule has 0 spiro atoms. The first-order valence-corrected chi connectivity index (χ1v) is 7.82. The average molecular weight is 397 g/mol. The number of benzene rings is 2. The van der Waals surface area contributed by atoms with E-state index in [1.807, 2.05) is 24.3 Å². The fourth-order valence-corrected chi connectivity index (χ4v) is 2.56. The first-order valence-electron chi connectivity index (χ1n) is 6.27. The number of halogens is 3. The van der Waals surface area contributed by atoms with Gasteiger partial charge in [-0.15, -0.1) is 0 Å². The van der Waals surface area contributed by atoms with Crippen LogP contribution in [0.3, 0.4) is 0 Å². The highest BCUT2D eigenvalue weighted by atomic mass is 79.9. The van der Waals surface area contributed by atoms with Crippen LogP contribution in [0, 0.1) is 0 Å².